The second-order valence-corrected chi connectivity index (χ2v) is 4.36. The van der Waals surface area contributed by atoms with Crippen LogP contribution in [0, 0.1) is 5.92 Å². The second kappa shape index (κ2) is 5.24. The number of nitrogens with one attached hydrogen (secondary N) is 1. The Balaban J connectivity index is 2.16. The van der Waals surface area contributed by atoms with Crippen molar-refractivity contribution in [3.63, 3.8) is 0 Å². The smallest absolute Gasteiger partial charge is 0.381 e. The third kappa shape index (κ3) is 2.81. The van der Waals surface area contributed by atoms with Crippen molar-refractivity contribution in [2.75, 3.05) is 20.3 Å². The molecule has 1 fully saturated rings. The van der Waals surface area contributed by atoms with Crippen LogP contribution in [0.4, 0.5) is 13.2 Å². The van der Waals surface area contributed by atoms with Crippen molar-refractivity contribution in [2.24, 2.45) is 5.92 Å². The minimum absolute atomic E-state index is 0.0604. The van der Waals surface area contributed by atoms with Gasteiger partial charge in [-0.3, -0.25) is 4.98 Å². The van der Waals surface area contributed by atoms with Crippen molar-refractivity contribution in [2.45, 2.75) is 18.6 Å². The fourth-order valence-corrected chi connectivity index (χ4v) is 2.20. The van der Waals surface area contributed by atoms with E-state index in [2.05, 4.69) is 10.3 Å². The van der Waals surface area contributed by atoms with Crippen LogP contribution in [0.25, 0.3) is 0 Å². The molecule has 0 amide bonds. The first kappa shape index (κ1) is 13.3. The molecule has 1 aliphatic heterocycles. The summed E-state index contributed by atoms with van der Waals surface area (Å²) in [6, 6.07) is 2.44. The number of hydrogen-bond acceptors (Lipinski definition) is 3. The van der Waals surface area contributed by atoms with Gasteiger partial charge in [-0.25, -0.2) is 0 Å². The number of rotatable bonds is 3. The lowest BCUT2D eigenvalue weighted by molar-refractivity contribution is -0.137. The highest BCUT2D eigenvalue weighted by Crippen LogP contribution is 2.31. The molecule has 100 valence electrons. The van der Waals surface area contributed by atoms with E-state index in [1.165, 1.54) is 6.07 Å². The summed E-state index contributed by atoms with van der Waals surface area (Å²) in [5, 5.41) is 3.09. The fourth-order valence-electron chi connectivity index (χ4n) is 2.20. The topological polar surface area (TPSA) is 34.2 Å². The van der Waals surface area contributed by atoms with Crippen molar-refractivity contribution in [1.29, 1.82) is 0 Å². The quantitative estimate of drug-likeness (QED) is 0.906. The van der Waals surface area contributed by atoms with Gasteiger partial charge in [-0.15, -0.1) is 0 Å². The Morgan fingerprint density at radius 3 is 2.67 bits per heavy atom. The SMILES string of the molecule is CNC(c1ccc(C(F)(F)F)cn1)C1CCOC1. The summed E-state index contributed by atoms with van der Waals surface area (Å²) in [6.45, 7) is 1.32. The van der Waals surface area contributed by atoms with Crippen molar-refractivity contribution in [3.05, 3.63) is 29.6 Å². The predicted molar refractivity (Wildman–Crippen MR) is 60.0 cm³/mol. The molecule has 3 nitrogen and oxygen atoms in total. The van der Waals surface area contributed by atoms with Gasteiger partial charge in [-0.2, -0.15) is 13.2 Å². The summed E-state index contributed by atoms with van der Waals surface area (Å²) in [5.41, 5.74) is -0.0928. The van der Waals surface area contributed by atoms with Crippen LogP contribution >= 0.6 is 0 Å². The normalized spacial score (nSPS) is 22.1. The van der Waals surface area contributed by atoms with Gasteiger partial charge in [0, 0.05) is 18.7 Å². The number of hydrogen-bond donors (Lipinski definition) is 1. The van der Waals surface area contributed by atoms with E-state index in [0.717, 1.165) is 18.7 Å². The summed E-state index contributed by atoms with van der Waals surface area (Å²) in [5.74, 6) is 0.263. The van der Waals surface area contributed by atoms with Gasteiger partial charge in [0.25, 0.3) is 0 Å². The molecule has 2 atom stereocenters. The average Bonchev–Trinajstić information content (AvgIpc) is 2.83. The van der Waals surface area contributed by atoms with Gasteiger partial charge in [0.15, 0.2) is 0 Å². The maximum atomic E-state index is 12.4. The van der Waals surface area contributed by atoms with Gasteiger partial charge >= 0.3 is 6.18 Å². The van der Waals surface area contributed by atoms with E-state index in [-0.39, 0.29) is 12.0 Å². The molecule has 1 N–H and O–H groups in total. The number of nitrogens with zero attached hydrogens (tertiary/aromatic N) is 1. The zero-order valence-corrected chi connectivity index (χ0v) is 10.00. The van der Waals surface area contributed by atoms with Crippen LogP contribution in [0.1, 0.15) is 23.7 Å². The Morgan fingerprint density at radius 2 is 2.22 bits per heavy atom. The van der Waals surface area contributed by atoms with Crippen LogP contribution in [0.15, 0.2) is 18.3 Å². The summed E-state index contributed by atoms with van der Waals surface area (Å²) < 4.78 is 42.6. The van der Waals surface area contributed by atoms with Crippen LogP contribution in [-0.4, -0.2) is 25.2 Å². The molecule has 1 saturated heterocycles. The van der Waals surface area contributed by atoms with Crippen molar-refractivity contribution in [1.82, 2.24) is 10.3 Å². The molecule has 18 heavy (non-hydrogen) atoms. The summed E-state index contributed by atoms with van der Waals surface area (Å²) in [4.78, 5) is 3.92. The Hall–Kier alpha value is -1.14. The predicted octanol–water partition coefficient (Wildman–Crippen LogP) is 2.40. The number of ether oxygens (including phenoxy) is 1. The van der Waals surface area contributed by atoms with E-state index in [9.17, 15) is 13.2 Å². The molecule has 6 heteroatoms. The van der Waals surface area contributed by atoms with Gasteiger partial charge in [0.05, 0.1) is 23.9 Å². The first-order valence-corrected chi connectivity index (χ1v) is 5.80. The largest absolute Gasteiger partial charge is 0.417 e. The highest BCUT2D eigenvalue weighted by atomic mass is 19.4. The van der Waals surface area contributed by atoms with Crippen LogP contribution in [-0.2, 0) is 10.9 Å². The van der Waals surface area contributed by atoms with Gasteiger partial charge < -0.3 is 10.1 Å². The number of pyridine rings is 1. The molecule has 0 radical (unpaired) electrons. The second-order valence-electron chi connectivity index (χ2n) is 4.36. The maximum Gasteiger partial charge on any atom is 0.417 e. The van der Waals surface area contributed by atoms with E-state index in [1.54, 1.807) is 7.05 Å². The standard InChI is InChI=1S/C12H15F3N2O/c1-16-11(8-4-5-18-7-8)10-3-2-9(6-17-10)12(13,14)15/h2-3,6,8,11,16H,4-5,7H2,1H3. The van der Waals surface area contributed by atoms with Crippen molar-refractivity contribution < 1.29 is 17.9 Å². The fraction of sp³-hybridized carbons (Fsp3) is 0.583. The molecule has 0 spiro atoms. The lowest BCUT2D eigenvalue weighted by atomic mass is 9.95. The Morgan fingerprint density at radius 1 is 1.44 bits per heavy atom. The number of halogens is 3. The zero-order chi connectivity index (χ0) is 13.2. The molecule has 0 aromatic carbocycles. The van der Waals surface area contributed by atoms with Crippen LogP contribution in [0.2, 0.25) is 0 Å². The monoisotopic (exact) mass is 260 g/mol. The first-order chi connectivity index (χ1) is 8.52. The Kier molecular flexibility index (Phi) is 3.87. The molecule has 1 aliphatic rings. The highest BCUT2D eigenvalue weighted by molar-refractivity contribution is 5.19. The van der Waals surface area contributed by atoms with Gasteiger partial charge in [-0.1, -0.05) is 0 Å². The highest BCUT2D eigenvalue weighted by Gasteiger charge is 2.32. The lowest BCUT2D eigenvalue weighted by Gasteiger charge is -2.21. The molecule has 1 aromatic heterocycles. The third-order valence-corrected chi connectivity index (χ3v) is 3.18. The Labute approximate surface area is 103 Å². The summed E-state index contributed by atoms with van der Waals surface area (Å²) in [6.07, 6.45) is -2.55. The van der Waals surface area contributed by atoms with Crippen LogP contribution < -0.4 is 5.32 Å². The van der Waals surface area contributed by atoms with Crippen LogP contribution in [0.3, 0.4) is 0 Å². The van der Waals surface area contributed by atoms with Gasteiger partial charge in [-0.05, 0) is 25.6 Å². The lowest BCUT2D eigenvalue weighted by Crippen LogP contribution is -2.26. The number of aromatic nitrogens is 1. The van der Waals surface area contributed by atoms with E-state index < -0.39 is 11.7 Å². The molecule has 0 aliphatic carbocycles. The average molecular weight is 260 g/mol. The molecule has 2 heterocycles. The summed E-state index contributed by atoms with van der Waals surface area (Å²) >= 11 is 0. The first-order valence-electron chi connectivity index (χ1n) is 5.80. The molecular weight excluding hydrogens is 245 g/mol. The van der Waals surface area contributed by atoms with E-state index in [4.69, 9.17) is 4.74 Å². The van der Waals surface area contributed by atoms with Crippen molar-refractivity contribution in [3.8, 4) is 0 Å². The molecular formula is C12H15F3N2O. The van der Waals surface area contributed by atoms with Gasteiger partial charge in [0.2, 0.25) is 0 Å². The van der Waals surface area contributed by atoms with E-state index in [1.807, 2.05) is 0 Å². The van der Waals surface area contributed by atoms with Crippen LogP contribution in [0.5, 0.6) is 0 Å². The van der Waals surface area contributed by atoms with Crippen molar-refractivity contribution >= 4 is 0 Å². The molecule has 2 unspecified atom stereocenters. The third-order valence-electron chi connectivity index (χ3n) is 3.18. The Bertz CT molecular complexity index is 385. The molecule has 2 rings (SSSR count). The molecule has 0 bridgehead atoms. The van der Waals surface area contributed by atoms with E-state index >= 15 is 0 Å². The summed E-state index contributed by atoms with van der Waals surface area (Å²) in [7, 11) is 1.78. The molecule has 0 saturated carbocycles. The van der Waals surface area contributed by atoms with Gasteiger partial charge in [0.1, 0.15) is 0 Å². The minimum atomic E-state index is -4.34. The van der Waals surface area contributed by atoms with E-state index in [0.29, 0.717) is 18.9 Å². The number of alkyl halides is 3. The zero-order valence-electron chi connectivity index (χ0n) is 10.00. The molecule has 1 aromatic rings. The maximum absolute atomic E-state index is 12.4. The minimum Gasteiger partial charge on any atom is -0.381 e.